The monoisotopic (exact) mass is 276 g/mol. The first-order valence-corrected chi connectivity index (χ1v) is 8.07. The molecule has 112 valence electrons. The van der Waals surface area contributed by atoms with Crippen molar-refractivity contribution >= 4 is 0 Å². The third-order valence-electron chi connectivity index (χ3n) is 4.51. The number of benzene rings is 1. The average molecular weight is 276 g/mol. The van der Waals surface area contributed by atoms with Crippen molar-refractivity contribution in [1.82, 2.24) is 0 Å². The maximum absolute atomic E-state index is 10.6. The predicted octanol–water partition coefficient (Wildman–Crippen LogP) is 4.27. The van der Waals surface area contributed by atoms with Gasteiger partial charge in [0.05, 0.1) is 12.7 Å². The van der Waals surface area contributed by atoms with Gasteiger partial charge in [0.2, 0.25) is 0 Å². The van der Waals surface area contributed by atoms with Crippen molar-refractivity contribution in [1.29, 1.82) is 0 Å². The van der Waals surface area contributed by atoms with Crippen molar-refractivity contribution in [3.05, 3.63) is 35.4 Å². The van der Waals surface area contributed by atoms with Gasteiger partial charge in [0.25, 0.3) is 0 Å². The molecular weight excluding hydrogens is 248 g/mol. The zero-order valence-corrected chi connectivity index (χ0v) is 12.7. The van der Waals surface area contributed by atoms with Crippen molar-refractivity contribution in [2.45, 2.75) is 57.5 Å². The molecule has 0 amide bonds. The third-order valence-corrected chi connectivity index (χ3v) is 4.51. The van der Waals surface area contributed by atoms with Crippen LogP contribution in [0.5, 0.6) is 0 Å². The topological polar surface area (TPSA) is 29.5 Å². The highest BCUT2D eigenvalue weighted by molar-refractivity contribution is 5.24. The molecule has 0 saturated heterocycles. The summed E-state index contributed by atoms with van der Waals surface area (Å²) in [6.07, 6.45) is 9.58. The largest absolute Gasteiger partial charge is 0.388 e. The van der Waals surface area contributed by atoms with Crippen LogP contribution in [-0.4, -0.2) is 18.8 Å². The molecule has 2 rings (SSSR count). The normalized spacial score (nSPS) is 19.3. The van der Waals surface area contributed by atoms with Crippen LogP contribution >= 0.6 is 0 Å². The van der Waals surface area contributed by atoms with Gasteiger partial charge in [-0.05, 0) is 36.3 Å². The lowest BCUT2D eigenvalue weighted by atomic mass is 9.84. The Morgan fingerprint density at radius 3 is 2.25 bits per heavy atom. The SMILES string of the molecule is COCCc1ccc(C(O)C2CCCCCCC2)cc1. The molecule has 2 heteroatoms. The average Bonchev–Trinajstić information content (AvgIpc) is 2.45. The smallest absolute Gasteiger partial charge is 0.0818 e. The molecule has 1 aliphatic rings. The van der Waals surface area contributed by atoms with Gasteiger partial charge in [0, 0.05) is 7.11 Å². The van der Waals surface area contributed by atoms with Crippen LogP contribution in [0.4, 0.5) is 0 Å². The van der Waals surface area contributed by atoms with Crippen molar-refractivity contribution in [3.63, 3.8) is 0 Å². The molecular formula is C18H28O2. The highest BCUT2D eigenvalue weighted by Gasteiger charge is 2.21. The second-order valence-corrected chi connectivity index (χ2v) is 6.03. The second kappa shape index (κ2) is 8.43. The van der Waals surface area contributed by atoms with E-state index in [1.54, 1.807) is 7.11 Å². The minimum Gasteiger partial charge on any atom is -0.388 e. The van der Waals surface area contributed by atoms with E-state index in [0.717, 1.165) is 18.6 Å². The fraction of sp³-hybridized carbons (Fsp3) is 0.667. The molecule has 0 bridgehead atoms. The summed E-state index contributed by atoms with van der Waals surface area (Å²) in [5, 5.41) is 10.6. The molecule has 0 heterocycles. The van der Waals surface area contributed by atoms with Crippen LogP contribution in [0.15, 0.2) is 24.3 Å². The van der Waals surface area contributed by atoms with Crippen LogP contribution in [-0.2, 0) is 11.2 Å². The van der Waals surface area contributed by atoms with Crippen LogP contribution in [0.25, 0.3) is 0 Å². The van der Waals surface area contributed by atoms with Gasteiger partial charge in [-0.3, -0.25) is 0 Å². The molecule has 20 heavy (non-hydrogen) atoms. The van der Waals surface area contributed by atoms with E-state index < -0.39 is 0 Å². The van der Waals surface area contributed by atoms with Crippen LogP contribution in [0, 0.1) is 5.92 Å². The van der Waals surface area contributed by atoms with E-state index in [4.69, 9.17) is 4.74 Å². The van der Waals surface area contributed by atoms with Gasteiger partial charge in [0.15, 0.2) is 0 Å². The zero-order chi connectivity index (χ0) is 14.2. The van der Waals surface area contributed by atoms with Crippen LogP contribution in [0.3, 0.4) is 0 Å². The summed E-state index contributed by atoms with van der Waals surface area (Å²) in [5.41, 5.74) is 2.36. The minimum absolute atomic E-state index is 0.287. The molecule has 0 radical (unpaired) electrons. The van der Waals surface area contributed by atoms with Crippen LogP contribution < -0.4 is 0 Å². The summed E-state index contributed by atoms with van der Waals surface area (Å²) in [7, 11) is 1.73. The Balaban J connectivity index is 1.94. The van der Waals surface area contributed by atoms with Gasteiger partial charge >= 0.3 is 0 Å². The molecule has 2 nitrogen and oxygen atoms in total. The van der Waals surface area contributed by atoms with E-state index >= 15 is 0 Å². The molecule has 1 atom stereocenters. The Morgan fingerprint density at radius 1 is 1.05 bits per heavy atom. The molecule has 0 aromatic heterocycles. The summed E-state index contributed by atoms with van der Waals surface area (Å²) in [4.78, 5) is 0. The van der Waals surface area contributed by atoms with Gasteiger partial charge in [-0.25, -0.2) is 0 Å². The third kappa shape index (κ3) is 4.60. The van der Waals surface area contributed by atoms with Crippen molar-refractivity contribution in [2.75, 3.05) is 13.7 Å². The Hall–Kier alpha value is -0.860. The fourth-order valence-electron chi connectivity index (χ4n) is 3.18. The van der Waals surface area contributed by atoms with E-state index in [0.29, 0.717) is 5.92 Å². The zero-order valence-electron chi connectivity index (χ0n) is 12.7. The van der Waals surface area contributed by atoms with E-state index in [1.165, 1.54) is 50.5 Å². The number of aliphatic hydroxyl groups excluding tert-OH is 1. The summed E-state index contributed by atoms with van der Waals surface area (Å²) >= 11 is 0. The lowest BCUT2D eigenvalue weighted by molar-refractivity contribution is 0.0912. The van der Waals surface area contributed by atoms with Crippen molar-refractivity contribution in [2.24, 2.45) is 5.92 Å². The Bertz CT molecular complexity index is 364. The van der Waals surface area contributed by atoms with Crippen LogP contribution in [0.2, 0.25) is 0 Å². The molecule has 1 aromatic rings. The number of ether oxygens (including phenoxy) is 1. The molecule has 1 saturated carbocycles. The molecule has 0 aliphatic heterocycles. The van der Waals surface area contributed by atoms with Crippen molar-refractivity contribution < 1.29 is 9.84 Å². The molecule has 0 spiro atoms. The lowest BCUT2D eigenvalue weighted by Gasteiger charge is -2.25. The minimum atomic E-state index is -0.287. The predicted molar refractivity (Wildman–Crippen MR) is 82.8 cm³/mol. The number of methoxy groups -OCH3 is 1. The summed E-state index contributed by atoms with van der Waals surface area (Å²) in [5.74, 6) is 0.445. The van der Waals surface area contributed by atoms with E-state index in [9.17, 15) is 5.11 Å². The first-order valence-electron chi connectivity index (χ1n) is 8.07. The van der Waals surface area contributed by atoms with Gasteiger partial charge in [-0.15, -0.1) is 0 Å². The van der Waals surface area contributed by atoms with E-state index in [1.807, 2.05) is 0 Å². The quantitative estimate of drug-likeness (QED) is 0.870. The number of hydrogen-bond acceptors (Lipinski definition) is 2. The molecule has 1 aliphatic carbocycles. The molecule has 1 fully saturated rings. The number of hydrogen-bond donors (Lipinski definition) is 1. The summed E-state index contributed by atoms with van der Waals surface area (Å²) in [6, 6.07) is 8.43. The maximum atomic E-state index is 10.6. The summed E-state index contributed by atoms with van der Waals surface area (Å²) < 4.78 is 5.09. The maximum Gasteiger partial charge on any atom is 0.0818 e. The van der Waals surface area contributed by atoms with E-state index in [-0.39, 0.29) is 6.10 Å². The first-order chi connectivity index (χ1) is 9.81. The lowest BCUT2D eigenvalue weighted by Crippen LogP contribution is -2.14. The first kappa shape index (κ1) is 15.5. The highest BCUT2D eigenvalue weighted by atomic mass is 16.5. The van der Waals surface area contributed by atoms with Gasteiger partial charge in [-0.2, -0.15) is 0 Å². The number of aliphatic hydroxyl groups is 1. The Labute approximate surface area is 123 Å². The van der Waals surface area contributed by atoms with Crippen LogP contribution in [0.1, 0.15) is 62.2 Å². The van der Waals surface area contributed by atoms with Gasteiger partial charge in [0.1, 0.15) is 0 Å². The standard InChI is InChI=1S/C18H28O2/c1-20-14-13-15-9-11-17(12-10-15)18(19)16-7-5-3-2-4-6-8-16/h9-12,16,18-19H,2-8,13-14H2,1H3. The Kier molecular flexibility index (Phi) is 6.55. The fourth-order valence-corrected chi connectivity index (χ4v) is 3.18. The summed E-state index contributed by atoms with van der Waals surface area (Å²) in [6.45, 7) is 0.754. The van der Waals surface area contributed by atoms with Gasteiger partial charge < -0.3 is 9.84 Å². The Morgan fingerprint density at radius 2 is 1.65 bits per heavy atom. The highest BCUT2D eigenvalue weighted by Crippen LogP contribution is 2.32. The molecule has 1 unspecified atom stereocenters. The van der Waals surface area contributed by atoms with Gasteiger partial charge in [-0.1, -0.05) is 56.4 Å². The van der Waals surface area contributed by atoms with Crippen molar-refractivity contribution in [3.8, 4) is 0 Å². The number of rotatable bonds is 5. The van der Waals surface area contributed by atoms with E-state index in [2.05, 4.69) is 24.3 Å². The second-order valence-electron chi connectivity index (χ2n) is 6.03. The molecule has 1 N–H and O–H groups in total. The molecule has 1 aromatic carbocycles.